The van der Waals surface area contributed by atoms with Crippen molar-refractivity contribution in [1.29, 1.82) is 0 Å². The number of hydrogen-bond donors (Lipinski definition) is 0. The molecule has 152 valence electrons. The van der Waals surface area contributed by atoms with Crippen LogP contribution in [-0.2, 0) is 4.79 Å². The Kier molecular flexibility index (Phi) is 7.39. The molecule has 0 saturated carbocycles. The van der Waals surface area contributed by atoms with Gasteiger partial charge in [-0.25, -0.2) is 4.98 Å². The normalized spacial score (nSPS) is 15.6. The summed E-state index contributed by atoms with van der Waals surface area (Å²) in [5, 5.41) is 0. The van der Waals surface area contributed by atoms with Crippen LogP contribution >= 0.6 is 0 Å². The van der Waals surface area contributed by atoms with Gasteiger partial charge in [0.15, 0.2) is 0 Å². The lowest BCUT2D eigenvalue weighted by molar-refractivity contribution is -0.131. The first-order valence-corrected chi connectivity index (χ1v) is 9.97. The number of carbonyl (C=O) groups is 1. The fourth-order valence-corrected chi connectivity index (χ4v) is 3.17. The SMILES string of the molecule is C=N/C(=C\C=C/CC(=O)N1CCC(C)CC1)COc1ccc(-n2ccnc2)cc1. The van der Waals surface area contributed by atoms with E-state index in [1.807, 2.05) is 58.2 Å². The van der Waals surface area contributed by atoms with Crippen molar-refractivity contribution in [3.8, 4) is 11.4 Å². The first-order chi connectivity index (χ1) is 14.2. The maximum atomic E-state index is 12.2. The van der Waals surface area contributed by atoms with Crippen LogP contribution in [0.2, 0.25) is 0 Å². The van der Waals surface area contributed by atoms with Crippen LogP contribution in [-0.4, -0.2) is 46.8 Å². The number of aromatic nitrogens is 2. The topological polar surface area (TPSA) is 59.7 Å². The summed E-state index contributed by atoms with van der Waals surface area (Å²) in [5.74, 6) is 1.66. The fourth-order valence-electron chi connectivity index (χ4n) is 3.17. The van der Waals surface area contributed by atoms with E-state index in [1.165, 1.54) is 0 Å². The van der Waals surface area contributed by atoms with E-state index < -0.39 is 0 Å². The highest BCUT2D eigenvalue weighted by atomic mass is 16.5. The number of rotatable bonds is 8. The average molecular weight is 393 g/mol. The van der Waals surface area contributed by atoms with Crippen molar-refractivity contribution in [2.75, 3.05) is 19.7 Å². The second-order valence-electron chi connectivity index (χ2n) is 7.26. The van der Waals surface area contributed by atoms with Crippen molar-refractivity contribution in [1.82, 2.24) is 14.5 Å². The lowest BCUT2D eigenvalue weighted by Gasteiger charge is -2.30. The van der Waals surface area contributed by atoms with Gasteiger partial charge >= 0.3 is 0 Å². The van der Waals surface area contributed by atoms with Gasteiger partial charge in [-0.1, -0.05) is 19.1 Å². The number of allylic oxidation sites excluding steroid dienone is 2. The van der Waals surface area contributed by atoms with E-state index in [9.17, 15) is 4.79 Å². The van der Waals surface area contributed by atoms with Gasteiger partial charge in [0.1, 0.15) is 12.4 Å². The zero-order chi connectivity index (χ0) is 20.5. The Morgan fingerprint density at radius 1 is 1.31 bits per heavy atom. The minimum atomic E-state index is 0.184. The number of nitrogens with zero attached hydrogens (tertiary/aromatic N) is 4. The first kappa shape index (κ1) is 20.6. The molecule has 0 N–H and O–H groups in total. The Labute approximate surface area is 172 Å². The molecule has 6 nitrogen and oxygen atoms in total. The third-order valence-electron chi connectivity index (χ3n) is 5.08. The Morgan fingerprint density at radius 3 is 2.72 bits per heavy atom. The minimum absolute atomic E-state index is 0.184. The summed E-state index contributed by atoms with van der Waals surface area (Å²) in [6, 6.07) is 7.75. The molecule has 1 saturated heterocycles. The van der Waals surface area contributed by atoms with Crippen LogP contribution in [0.25, 0.3) is 5.69 Å². The van der Waals surface area contributed by atoms with E-state index in [0.29, 0.717) is 18.7 Å². The van der Waals surface area contributed by atoms with Crippen molar-refractivity contribution in [3.05, 3.63) is 66.9 Å². The summed E-state index contributed by atoms with van der Waals surface area (Å²) < 4.78 is 7.71. The number of aliphatic imine (C=N–C) groups is 1. The number of hydrogen-bond acceptors (Lipinski definition) is 4. The van der Waals surface area contributed by atoms with Crippen molar-refractivity contribution in [2.45, 2.75) is 26.2 Å². The zero-order valence-corrected chi connectivity index (χ0v) is 16.9. The molecule has 1 amide bonds. The largest absolute Gasteiger partial charge is 0.487 e. The van der Waals surface area contributed by atoms with Gasteiger partial charge in [-0.3, -0.25) is 9.79 Å². The summed E-state index contributed by atoms with van der Waals surface area (Å²) in [5.41, 5.74) is 1.72. The van der Waals surface area contributed by atoms with Crippen molar-refractivity contribution in [3.63, 3.8) is 0 Å². The molecule has 1 aromatic carbocycles. The second-order valence-corrected chi connectivity index (χ2v) is 7.26. The summed E-state index contributed by atoms with van der Waals surface area (Å²) >= 11 is 0. The molecule has 1 aliphatic heterocycles. The van der Waals surface area contributed by atoms with Crippen molar-refractivity contribution < 1.29 is 9.53 Å². The maximum Gasteiger partial charge on any atom is 0.226 e. The number of carbonyl (C=O) groups excluding carboxylic acids is 1. The van der Waals surface area contributed by atoms with Crippen LogP contribution in [0, 0.1) is 5.92 Å². The third-order valence-corrected chi connectivity index (χ3v) is 5.08. The molecule has 0 atom stereocenters. The fraction of sp³-hybridized carbons (Fsp3) is 0.348. The predicted octanol–water partition coefficient (Wildman–Crippen LogP) is 4.04. The van der Waals surface area contributed by atoms with E-state index in [2.05, 4.69) is 23.6 Å². The van der Waals surface area contributed by atoms with Gasteiger partial charge in [0.2, 0.25) is 5.91 Å². The molecule has 29 heavy (non-hydrogen) atoms. The summed E-state index contributed by atoms with van der Waals surface area (Å²) in [7, 11) is 0. The highest BCUT2D eigenvalue weighted by Crippen LogP contribution is 2.17. The van der Waals surface area contributed by atoms with Crippen LogP contribution in [0.3, 0.4) is 0 Å². The molecule has 0 bridgehead atoms. The molecule has 1 fully saturated rings. The van der Waals surface area contributed by atoms with Crippen LogP contribution in [0.15, 0.2) is 71.9 Å². The lowest BCUT2D eigenvalue weighted by Crippen LogP contribution is -2.37. The molecule has 0 aliphatic carbocycles. The van der Waals surface area contributed by atoms with Crippen LogP contribution in [0.4, 0.5) is 0 Å². The summed E-state index contributed by atoms with van der Waals surface area (Å²) in [6.07, 6.45) is 13.5. The third kappa shape index (κ3) is 6.17. The molecule has 0 unspecified atom stereocenters. The number of piperidine rings is 1. The molecule has 2 heterocycles. The monoisotopic (exact) mass is 392 g/mol. The number of imidazole rings is 1. The highest BCUT2D eigenvalue weighted by Gasteiger charge is 2.18. The van der Waals surface area contributed by atoms with Gasteiger partial charge in [0.25, 0.3) is 0 Å². The molecule has 3 rings (SSSR count). The van der Waals surface area contributed by atoms with Crippen LogP contribution in [0.5, 0.6) is 5.75 Å². The molecule has 1 aliphatic rings. The number of benzene rings is 1. The Morgan fingerprint density at radius 2 is 2.07 bits per heavy atom. The van der Waals surface area contributed by atoms with Gasteiger partial charge in [0.05, 0.1) is 12.0 Å². The van der Waals surface area contributed by atoms with Gasteiger partial charge in [-0.05, 0) is 55.8 Å². The van der Waals surface area contributed by atoms with Crippen molar-refractivity contribution in [2.24, 2.45) is 10.9 Å². The maximum absolute atomic E-state index is 12.2. The molecule has 2 aromatic rings. The van der Waals surface area contributed by atoms with Gasteiger partial charge in [-0.15, -0.1) is 0 Å². The van der Waals surface area contributed by atoms with Crippen LogP contribution in [0.1, 0.15) is 26.2 Å². The zero-order valence-electron chi connectivity index (χ0n) is 16.9. The molecular weight excluding hydrogens is 364 g/mol. The molecule has 1 aromatic heterocycles. The number of amides is 1. The smallest absolute Gasteiger partial charge is 0.226 e. The van der Waals surface area contributed by atoms with E-state index in [1.54, 1.807) is 12.5 Å². The van der Waals surface area contributed by atoms with E-state index in [4.69, 9.17) is 4.74 Å². The number of likely N-dealkylation sites (tertiary alicyclic amines) is 1. The van der Waals surface area contributed by atoms with E-state index in [0.717, 1.165) is 43.3 Å². The van der Waals surface area contributed by atoms with Gasteiger partial charge in [0, 0.05) is 37.6 Å². The van der Waals surface area contributed by atoms with E-state index >= 15 is 0 Å². The molecular formula is C23H28N4O2. The Hall–Kier alpha value is -3.15. The minimum Gasteiger partial charge on any atom is -0.487 e. The van der Waals surface area contributed by atoms with Crippen LogP contribution < -0.4 is 4.74 Å². The predicted molar refractivity (Wildman–Crippen MR) is 115 cm³/mol. The van der Waals surface area contributed by atoms with Crippen molar-refractivity contribution >= 4 is 12.6 Å². The summed E-state index contributed by atoms with van der Waals surface area (Å²) in [6.45, 7) is 7.90. The highest BCUT2D eigenvalue weighted by molar-refractivity contribution is 5.77. The number of ether oxygens (including phenoxy) is 1. The molecule has 0 spiro atoms. The second kappa shape index (κ2) is 10.4. The quantitative estimate of drug-likeness (QED) is 0.503. The first-order valence-electron chi connectivity index (χ1n) is 9.97. The standard InChI is InChI=1S/C23H28N4O2/c1-19-11-14-26(15-12-19)23(28)6-4-3-5-20(24-2)17-29-22-9-7-21(8-10-22)27-16-13-25-18-27/h3-5,7-10,13,16,18-19H,2,6,11-12,14-15,17H2,1H3/b4-3-,20-5-. The molecule has 6 heteroatoms. The lowest BCUT2D eigenvalue weighted by atomic mass is 9.99. The Balaban J connectivity index is 1.45. The Bertz CT molecular complexity index is 846. The molecule has 0 radical (unpaired) electrons. The van der Waals surface area contributed by atoms with E-state index in [-0.39, 0.29) is 5.91 Å². The average Bonchev–Trinajstić information content (AvgIpc) is 3.29. The van der Waals surface area contributed by atoms with Gasteiger partial charge in [-0.2, -0.15) is 0 Å². The van der Waals surface area contributed by atoms with Gasteiger partial charge < -0.3 is 14.2 Å². The summed E-state index contributed by atoms with van der Waals surface area (Å²) in [4.78, 5) is 22.2.